The van der Waals surface area contributed by atoms with Crippen molar-refractivity contribution in [2.75, 3.05) is 11.6 Å². The molecule has 0 unspecified atom stereocenters. The summed E-state index contributed by atoms with van der Waals surface area (Å²) in [5.74, 6) is 0.527. The molecule has 0 radical (unpaired) electrons. The topological polar surface area (TPSA) is 57.7 Å². The summed E-state index contributed by atoms with van der Waals surface area (Å²) in [5.41, 5.74) is 3.30. The largest absolute Gasteiger partial charge is 0.290 e. The molecule has 3 amide bonds. The Labute approximate surface area is 187 Å². The zero-order valence-corrected chi connectivity index (χ0v) is 18.3. The number of nitrogens with zero attached hydrogens (tertiary/aromatic N) is 2. The molecule has 2 bridgehead atoms. The van der Waals surface area contributed by atoms with Gasteiger partial charge in [-0.05, 0) is 79.3 Å². The number of benzene rings is 2. The highest BCUT2D eigenvalue weighted by molar-refractivity contribution is 6.10. The minimum absolute atomic E-state index is 0.0456. The summed E-state index contributed by atoms with van der Waals surface area (Å²) in [6.07, 6.45) is 5.48. The van der Waals surface area contributed by atoms with E-state index in [1.807, 2.05) is 50.2 Å². The molecule has 2 saturated carbocycles. The Balaban J connectivity index is 1.36. The van der Waals surface area contributed by atoms with Gasteiger partial charge in [0.25, 0.3) is 5.91 Å². The van der Waals surface area contributed by atoms with Gasteiger partial charge in [-0.2, -0.15) is 0 Å². The molecule has 1 aliphatic heterocycles. The summed E-state index contributed by atoms with van der Waals surface area (Å²) in [6, 6.07) is 15.0. The van der Waals surface area contributed by atoms with Gasteiger partial charge in [0.1, 0.15) is 6.67 Å². The van der Waals surface area contributed by atoms with Crippen LogP contribution < -0.4 is 4.90 Å². The van der Waals surface area contributed by atoms with Gasteiger partial charge in [-0.3, -0.25) is 24.2 Å². The minimum Gasteiger partial charge on any atom is -0.290 e. The maximum atomic E-state index is 13.5. The van der Waals surface area contributed by atoms with E-state index in [-0.39, 0.29) is 48.1 Å². The number of anilines is 1. The Morgan fingerprint density at radius 1 is 0.906 bits per heavy atom. The predicted octanol–water partition coefficient (Wildman–Crippen LogP) is 3.96. The molecule has 1 heterocycles. The third-order valence-corrected chi connectivity index (χ3v) is 7.82. The highest BCUT2D eigenvalue weighted by Gasteiger charge is 2.67. The van der Waals surface area contributed by atoms with Gasteiger partial charge < -0.3 is 0 Å². The minimum atomic E-state index is -0.255. The lowest BCUT2D eigenvalue weighted by Gasteiger charge is -2.37. The van der Waals surface area contributed by atoms with E-state index in [1.54, 1.807) is 17.0 Å². The second-order valence-corrected chi connectivity index (χ2v) is 9.85. The van der Waals surface area contributed by atoms with E-state index in [9.17, 15) is 14.4 Å². The second kappa shape index (κ2) is 6.89. The molecule has 0 aromatic heterocycles. The molecular weight excluding hydrogens is 400 g/mol. The second-order valence-electron chi connectivity index (χ2n) is 9.85. The zero-order valence-electron chi connectivity index (χ0n) is 18.3. The number of hydrogen-bond donors (Lipinski definition) is 0. The van der Waals surface area contributed by atoms with Crippen LogP contribution in [0.15, 0.2) is 60.7 Å². The van der Waals surface area contributed by atoms with Crippen LogP contribution in [0.3, 0.4) is 0 Å². The van der Waals surface area contributed by atoms with Crippen LogP contribution in [0.25, 0.3) is 0 Å². The van der Waals surface area contributed by atoms with E-state index in [4.69, 9.17) is 0 Å². The van der Waals surface area contributed by atoms with Gasteiger partial charge in [-0.1, -0.05) is 36.4 Å². The van der Waals surface area contributed by atoms with E-state index in [2.05, 4.69) is 12.2 Å². The van der Waals surface area contributed by atoms with E-state index < -0.39 is 0 Å². The normalized spacial score (nSPS) is 31.5. The average Bonchev–Trinajstić information content (AvgIpc) is 3.57. The van der Waals surface area contributed by atoms with Gasteiger partial charge in [-0.15, -0.1) is 0 Å². The molecule has 5 heteroatoms. The third kappa shape index (κ3) is 2.80. The van der Waals surface area contributed by atoms with Crippen LogP contribution in [0, 0.1) is 49.4 Å². The lowest BCUT2D eigenvalue weighted by Crippen LogP contribution is -2.45. The fourth-order valence-corrected chi connectivity index (χ4v) is 6.41. The highest BCUT2D eigenvalue weighted by Crippen LogP contribution is 2.65. The van der Waals surface area contributed by atoms with Crippen molar-refractivity contribution in [2.24, 2.45) is 35.5 Å². The van der Waals surface area contributed by atoms with Gasteiger partial charge in [-0.25, -0.2) is 0 Å². The van der Waals surface area contributed by atoms with Crippen LogP contribution in [0.5, 0.6) is 0 Å². The summed E-state index contributed by atoms with van der Waals surface area (Å²) in [7, 11) is 0. The molecule has 1 saturated heterocycles. The van der Waals surface area contributed by atoms with Crippen molar-refractivity contribution >= 4 is 23.4 Å². The summed E-state index contributed by atoms with van der Waals surface area (Å²) in [5, 5.41) is 0. The van der Waals surface area contributed by atoms with E-state index in [0.717, 1.165) is 17.5 Å². The fourth-order valence-electron chi connectivity index (χ4n) is 6.41. The molecule has 3 fully saturated rings. The maximum absolute atomic E-state index is 13.5. The van der Waals surface area contributed by atoms with Crippen molar-refractivity contribution in [2.45, 2.75) is 20.3 Å². The van der Waals surface area contributed by atoms with Crippen LogP contribution in [-0.4, -0.2) is 29.3 Å². The van der Waals surface area contributed by atoms with Crippen molar-refractivity contribution in [1.29, 1.82) is 0 Å². The van der Waals surface area contributed by atoms with Crippen molar-refractivity contribution in [3.05, 3.63) is 77.4 Å². The Morgan fingerprint density at radius 2 is 1.47 bits per heavy atom. The van der Waals surface area contributed by atoms with Crippen molar-refractivity contribution < 1.29 is 14.4 Å². The van der Waals surface area contributed by atoms with E-state index in [1.165, 1.54) is 4.90 Å². The van der Waals surface area contributed by atoms with Crippen LogP contribution in [-0.2, 0) is 9.59 Å². The molecule has 0 N–H and O–H groups in total. The molecule has 5 aliphatic rings. The highest BCUT2D eigenvalue weighted by atomic mass is 16.2. The summed E-state index contributed by atoms with van der Waals surface area (Å²) in [4.78, 5) is 43.5. The average molecular weight is 427 g/mol. The molecule has 2 aromatic carbocycles. The molecule has 2 aromatic rings. The van der Waals surface area contributed by atoms with Crippen LogP contribution in [0.4, 0.5) is 5.69 Å². The first-order valence-electron chi connectivity index (χ1n) is 11.4. The number of allylic oxidation sites excluding steroid dienone is 2. The monoisotopic (exact) mass is 426 g/mol. The maximum Gasteiger partial charge on any atom is 0.259 e. The molecule has 162 valence electrons. The SMILES string of the molecule is Cc1cc(C)cc(N(CN2C(=O)[C@@H]3[C@H]4C=C[C@@H]([C@@H]5C[C@@H]45)[C@@H]3C2=O)C(=O)c2ccccc2)c1. The Kier molecular flexibility index (Phi) is 4.19. The summed E-state index contributed by atoms with van der Waals surface area (Å²) in [6.45, 7) is 3.92. The molecule has 0 spiro atoms. The van der Waals surface area contributed by atoms with Crippen molar-refractivity contribution in [3.63, 3.8) is 0 Å². The number of aryl methyl sites for hydroxylation is 2. The van der Waals surface area contributed by atoms with Gasteiger partial charge in [0.2, 0.25) is 11.8 Å². The summed E-state index contributed by atoms with van der Waals surface area (Å²) >= 11 is 0. The van der Waals surface area contributed by atoms with Gasteiger partial charge >= 0.3 is 0 Å². The van der Waals surface area contributed by atoms with Crippen LogP contribution in [0.1, 0.15) is 27.9 Å². The third-order valence-electron chi connectivity index (χ3n) is 7.82. The van der Waals surface area contributed by atoms with Gasteiger partial charge in [0, 0.05) is 11.3 Å². The standard InChI is InChI=1S/C27H26N2O3/c1-15-10-16(2)12-18(11-15)28(25(30)17-6-4-3-5-7-17)14-29-26(31)23-19-8-9-20(22-13-21(19)22)24(23)27(29)32/h3-12,19-24H,13-14H2,1-2H3/t19-,20-,21-,22-,23-,24+/m0/s1. The smallest absolute Gasteiger partial charge is 0.259 e. The number of carbonyl (C=O) groups excluding carboxylic acids is 3. The van der Waals surface area contributed by atoms with Crippen molar-refractivity contribution in [3.8, 4) is 0 Å². The number of amides is 3. The zero-order chi connectivity index (χ0) is 22.1. The number of likely N-dealkylation sites (tertiary alicyclic amines) is 1. The lowest BCUT2D eigenvalue weighted by atomic mass is 9.63. The number of hydrogen-bond acceptors (Lipinski definition) is 3. The predicted molar refractivity (Wildman–Crippen MR) is 121 cm³/mol. The molecule has 7 rings (SSSR count). The fraction of sp³-hybridized carbons (Fsp3) is 0.370. The van der Waals surface area contributed by atoms with Crippen LogP contribution in [0.2, 0.25) is 0 Å². The van der Waals surface area contributed by atoms with E-state index in [0.29, 0.717) is 23.1 Å². The molecule has 4 aliphatic carbocycles. The number of imide groups is 1. The van der Waals surface area contributed by atoms with Crippen molar-refractivity contribution in [1.82, 2.24) is 4.90 Å². The first-order chi connectivity index (χ1) is 15.4. The van der Waals surface area contributed by atoms with Gasteiger partial charge in [0.05, 0.1) is 11.8 Å². The number of rotatable bonds is 4. The van der Waals surface area contributed by atoms with Gasteiger partial charge in [0.15, 0.2) is 0 Å². The first-order valence-corrected chi connectivity index (χ1v) is 11.4. The number of carbonyl (C=O) groups is 3. The Hall–Kier alpha value is -3.21. The quantitative estimate of drug-likeness (QED) is 0.549. The molecule has 32 heavy (non-hydrogen) atoms. The van der Waals surface area contributed by atoms with E-state index >= 15 is 0 Å². The summed E-state index contributed by atoms with van der Waals surface area (Å²) < 4.78 is 0. The molecule has 6 atom stereocenters. The Morgan fingerprint density at radius 3 is 2.03 bits per heavy atom. The first kappa shape index (κ1) is 19.5. The van der Waals surface area contributed by atoms with Crippen LogP contribution >= 0.6 is 0 Å². The molecule has 5 nitrogen and oxygen atoms in total. The molecular formula is C27H26N2O3. The Bertz CT molecular complexity index is 1110. The lowest BCUT2D eigenvalue weighted by molar-refractivity contribution is -0.140.